The molecule has 2 aromatic carbocycles. The van der Waals surface area contributed by atoms with Gasteiger partial charge in [-0.25, -0.2) is 0 Å². The molecule has 0 spiro atoms. The summed E-state index contributed by atoms with van der Waals surface area (Å²) in [5.74, 6) is 1.70. The van der Waals surface area contributed by atoms with E-state index in [0.717, 1.165) is 38.2 Å². The summed E-state index contributed by atoms with van der Waals surface area (Å²) in [5, 5.41) is 3.44. The molecule has 1 aliphatic heterocycles. The maximum absolute atomic E-state index is 5.59. The first-order valence-electron chi connectivity index (χ1n) is 9.94. The van der Waals surface area contributed by atoms with Crippen molar-refractivity contribution < 1.29 is 4.74 Å². The summed E-state index contributed by atoms with van der Waals surface area (Å²) in [6.07, 6.45) is 6.00. The van der Waals surface area contributed by atoms with Crippen LogP contribution in [0.3, 0.4) is 0 Å². The third-order valence-electron chi connectivity index (χ3n) is 6.00. The molecular formula is C23H30N2O. The Morgan fingerprint density at radius 2 is 2.12 bits per heavy atom. The van der Waals surface area contributed by atoms with Gasteiger partial charge in [0.25, 0.3) is 0 Å². The first kappa shape index (κ1) is 17.4. The number of methoxy groups -OCH3 is 1. The van der Waals surface area contributed by atoms with Crippen LogP contribution in [0.1, 0.15) is 41.0 Å². The number of hydrogen-bond acceptors (Lipinski definition) is 3. The number of fused-ring (bicyclic) bond motifs is 2. The van der Waals surface area contributed by atoms with Gasteiger partial charge in [-0.3, -0.25) is 0 Å². The number of likely N-dealkylation sites (N-methyl/N-ethyl adjacent to an activating group) is 1. The summed E-state index contributed by atoms with van der Waals surface area (Å²) in [6.45, 7) is 3.33. The molecule has 0 amide bonds. The number of ether oxygens (including phenoxy) is 1. The lowest BCUT2D eigenvalue weighted by atomic mass is 9.82. The van der Waals surface area contributed by atoms with Crippen LogP contribution in [0, 0.1) is 0 Å². The summed E-state index contributed by atoms with van der Waals surface area (Å²) >= 11 is 0. The van der Waals surface area contributed by atoms with Gasteiger partial charge in [-0.05, 0) is 79.5 Å². The van der Waals surface area contributed by atoms with Gasteiger partial charge in [0.1, 0.15) is 5.75 Å². The topological polar surface area (TPSA) is 24.5 Å². The van der Waals surface area contributed by atoms with Crippen LogP contribution in [-0.2, 0) is 19.3 Å². The molecule has 26 heavy (non-hydrogen) atoms. The molecule has 0 aromatic heterocycles. The van der Waals surface area contributed by atoms with Gasteiger partial charge >= 0.3 is 0 Å². The van der Waals surface area contributed by atoms with E-state index in [-0.39, 0.29) is 0 Å². The van der Waals surface area contributed by atoms with E-state index in [1.807, 2.05) is 0 Å². The predicted molar refractivity (Wildman–Crippen MR) is 109 cm³/mol. The average Bonchev–Trinajstić information content (AvgIpc) is 3.14. The van der Waals surface area contributed by atoms with E-state index in [1.54, 1.807) is 7.11 Å². The van der Waals surface area contributed by atoms with Crippen molar-refractivity contribution in [1.82, 2.24) is 4.90 Å². The molecule has 0 bridgehead atoms. The minimum atomic E-state index is 0.628. The van der Waals surface area contributed by atoms with E-state index in [9.17, 15) is 0 Å². The maximum Gasteiger partial charge on any atom is 0.122 e. The zero-order valence-electron chi connectivity index (χ0n) is 16.1. The molecule has 0 saturated heterocycles. The zero-order chi connectivity index (χ0) is 17.9. The second-order valence-electron chi connectivity index (χ2n) is 7.80. The van der Waals surface area contributed by atoms with Crippen molar-refractivity contribution in [2.75, 3.05) is 39.1 Å². The Morgan fingerprint density at radius 1 is 1.19 bits per heavy atom. The summed E-state index contributed by atoms with van der Waals surface area (Å²) in [4.78, 5) is 2.50. The average molecular weight is 351 g/mol. The van der Waals surface area contributed by atoms with Crippen LogP contribution in [0.5, 0.6) is 5.75 Å². The van der Waals surface area contributed by atoms with Crippen LogP contribution < -0.4 is 10.1 Å². The monoisotopic (exact) mass is 350 g/mol. The van der Waals surface area contributed by atoms with Gasteiger partial charge in [-0.15, -0.1) is 0 Å². The van der Waals surface area contributed by atoms with Gasteiger partial charge in [0.05, 0.1) is 7.11 Å². The lowest BCUT2D eigenvalue weighted by molar-refractivity contribution is 0.299. The van der Waals surface area contributed by atoms with Gasteiger partial charge < -0.3 is 15.0 Å². The Bertz CT molecular complexity index is 771. The molecule has 3 nitrogen and oxygen atoms in total. The van der Waals surface area contributed by atoms with E-state index in [4.69, 9.17) is 4.74 Å². The molecule has 4 rings (SSSR count). The SMILES string of the molecule is COc1cccc2c1CCC[C@H]2CN(C)CCc1ccc2c(c1)CCN2. The lowest BCUT2D eigenvalue weighted by Crippen LogP contribution is -2.28. The van der Waals surface area contributed by atoms with E-state index < -0.39 is 0 Å². The largest absolute Gasteiger partial charge is 0.496 e. The van der Waals surface area contributed by atoms with E-state index >= 15 is 0 Å². The maximum atomic E-state index is 5.59. The molecule has 2 aliphatic rings. The normalized spacial score (nSPS) is 18.3. The summed E-state index contributed by atoms with van der Waals surface area (Å²) in [6, 6.07) is 13.5. The first-order chi connectivity index (χ1) is 12.7. The summed E-state index contributed by atoms with van der Waals surface area (Å²) in [5.41, 5.74) is 7.22. The van der Waals surface area contributed by atoms with E-state index in [2.05, 4.69) is 53.7 Å². The number of anilines is 1. The predicted octanol–water partition coefficient (Wildman–Crippen LogP) is 4.26. The van der Waals surface area contributed by atoms with Crippen molar-refractivity contribution in [3.8, 4) is 5.75 Å². The molecule has 0 unspecified atom stereocenters. The smallest absolute Gasteiger partial charge is 0.122 e. The zero-order valence-corrected chi connectivity index (χ0v) is 16.1. The molecule has 1 heterocycles. The highest BCUT2D eigenvalue weighted by molar-refractivity contribution is 5.56. The van der Waals surface area contributed by atoms with E-state index in [0.29, 0.717) is 5.92 Å². The first-order valence-corrected chi connectivity index (χ1v) is 9.94. The second kappa shape index (κ2) is 7.71. The van der Waals surface area contributed by atoms with Crippen molar-refractivity contribution in [1.29, 1.82) is 0 Å². The molecule has 0 radical (unpaired) electrons. The Balaban J connectivity index is 1.38. The van der Waals surface area contributed by atoms with E-state index in [1.165, 1.54) is 47.2 Å². The number of rotatable bonds is 6. The number of hydrogen-bond donors (Lipinski definition) is 1. The highest BCUT2D eigenvalue weighted by Crippen LogP contribution is 2.36. The van der Waals surface area contributed by atoms with Gasteiger partial charge in [0.15, 0.2) is 0 Å². The van der Waals surface area contributed by atoms with Crippen LogP contribution in [-0.4, -0.2) is 38.7 Å². The Hall–Kier alpha value is -2.00. The standard InChI is InChI=1S/C23H30N2O/c1-25(14-12-17-9-10-22-18(15-17)11-13-24-22)16-19-5-3-7-21-20(19)6-4-8-23(21)26-2/h4,6,8-10,15,19,24H,3,5,7,11-14,16H2,1-2H3/t19-/m0/s1. The molecule has 3 heteroatoms. The molecule has 1 aliphatic carbocycles. The van der Waals surface area contributed by atoms with Crippen molar-refractivity contribution >= 4 is 5.69 Å². The van der Waals surface area contributed by atoms with Crippen LogP contribution in [0.15, 0.2) is 36.4 Å². The highest BCUT2D eigenvalue weighted by atomic mass is 16.5. The molecule has 138 valence electrons. The fraction of sp³-hybridized carbons (Fsp3) is 0.478. The quantitative estimate of drug-likeness (QED) is 0.842. The molecule has 1 N–H and O–H groups in total. The minimum Gasteiger partial charge on any atom is -0.496 e. The molecule has 0 fully saturated rings. The molecule has 2 aromatic rings. The van der Waals surface area contributed by atoms with Crippen molar-refractivity contribution in [2.24, 2.45) is 0 Å². The van der Waals surface area contributed by atoms with Crippen molar-refractivity contribution in [3.05, 3.63) is 58.7 Å². The second-order valence-corrected chi connectivity index (χ2v) is 7.80. The van der Waals surface area contributed by atoms with Crippen LogP contribution in [0.4, 0.5) is 5.69 Å². The van der Waals surface area contributed by atoms with Gasteiger partial charge in [0.2, 0.25) is 0 Å². The van der Waals surface area contributed by atoms with Crippen molar-refractivity contribution in [3.63, 3.8) is 0 Å². The van der Waals surface area contributed by atoms with Crippen LogP contribution in [0.2, 0.25) is 0 Å². The number of benzene rings is 2. The van der Waals surface area contributed by atoms with Gasteiger partial charge in [-0.1, -0.05) is 24.3 Å². The molecular weight excluding hydrogens is 320 g/mol. The van der Waals surface area contributed by atoms with Crippen molar-refractivity contribution in [2.45, 2.75) is 38.0 Å². The lowest BCUT2D eigenvalue weighted by Gasteiger charge is -2.30. The summed E-state index contributed by atoms with van der Waals surface area (Å²) < 4.78 is 5.59. The van der Waals surface area contributed by atoms with Crippen LogP contribution in [0.25, 0.3) is 0 Å². The number of nitrogens with one attached hydrogen (secondary N) is 1. The van der Waals surface area contributed by atoms with Crippen LogP contribution >= 0.6 is 0 Å². The van der Waals surface area contributed by atoms with Gasteiger partial charge in [0, 0.05) is 25.3 Å². The van der Waals surface area contributed by atoms with Gasteiger partial charge in [-0.2, -0.15) is 0 Å². The minimum absolute atomic E-state index is 0.628. The fourth-order valence-electron chi connectivity index (χ4n) is 4.60. The Kier molecular flexibility index (Phi) is 5.16. The highest BCUT2D eigenvalue weighted by Gasteiger charge is 2.23. The summed E-state index contributed by atoms with van der Waals surface area (Å²) in [7, 11) is 4.06. The fourth-order valence-corrected chi connectivity index (χ4v) is 4.60. The third-order valence-corrected chi connectivity index (χ3v) is 6.00. The third kappa shape index (κ3) is 3.59. The Labute approximate surface area is 157 Å². The Morgan fingerprint density at radius 3 is 3.00 bits per heavy atom. The molecule has 1 atom stereocenters. The molecule has 0 saturated carbocycles. The number of nitrogens with zero attached hydrogens (tertiary/aromatic N) is 1.